The van der Waals surface area contributed by atoms with Gasteiger partial charge in [-0.1, -0.05) is 12.1 Å². The molecule has 0 saturated carbocycles. The fourth-order valence-electron chi connectivity index (χ4n) is 2.02. The van der Waals surface area contributed by atoms with Gasteiger partial charge in [0, 0.05) is 18.3 Å². The van der Waals surface area contributed by atoms with E-state index in [1.165, 1.54) is 12.1 Å². The highest BCUT2D eigenvalue weighted by atomic mass is 19.1. The summed E-state index contributed by atoms with van der Waals surface area (Å²) in [6.07, 6.45) is 0.693. The molecule has 0 saturated heterocycles. The van der Waals surface area contributed by atoms with E-state index in [4.69, 9.17) is 10.2 Å². The zero-order valence-electron chi connectivity index (χ0n) is 10.8. The summed E-state index contributed by atoms with van der Waals surface area (Å²) in [4.78, 5) is 4.30. The molecule has 1 heterocycles. The van der Waals surface area contributed by atoms with Gasteiger partial charge in [-0.3, -0.25) is 0 Å². The first-order valence-electron chi connectivity index (χ1n) is 6.35. The molecule has 20 heavy (non-hydrogen) atoms. The number of hydrogen-bond donors (Lipinski definition) is 2. The van der Waals surface area contributed by atoms with Crippen molar-refractivity contribution in [2.24, 2.45) is 0 Å². The Morgan fingerprint density at radius 2 is 2.10 bits per heavy atom. The van der Waals surface area contributed by atoms with E-state index in [1.807, 2.05) is 12.1 Å². The molecule has 0 radical (unpaired) electrons. The van der Waals surface area contributed by atoms with Crippen LogP contribution in [-0.4, -0.2) is 11.5 Å². The number of halogens is 1. The Balaban J connectivity index is 1.65. The lowest BCUT2D eigenvalue weighted by molar-refractivity contribution is 0.613. The number of oxazole rings is 1. The van der Waals surface area contributed by atoms with Gasteiger partial charge in [-0.15, -0.1) is 0 Å². The number of nitrogens with one attached hydrogen (secondary N) is 1. The van der Waals surface area contributed by atoms with Crippen LogP contribution in [0.3, 0.4) is 0 Å². The van der Waals surface area contributed by atoms with Crippen LogP contribution in [-0.2, 0) is 6.42 Å². The topological polar surface area (TPSA) is 64.1 Å². The van der Waals surface area contributed by atoms with Gasteiger partial charge < -0.3 is 15.5 Å². The van der Waals surface area contributed by atoms with Crippen molar-refractivity contribution in [3.8, 4) is 0 Å². The molecule has 0 fully saturated rings. The number of aromatic nitrogens is 1. The molecule has 3 aromatic rings. The summed E-state index contributed by atoms with van der Waals surface area (Å²) in [5.74, 6) is -0.222. The quantitative estimate of drug-likeness (QED) is 0.715. The number of rotatable bonds is 4. The van der Waals surface area contributed by atoms with Gasteiger partial charge in [-0.2, -0.15) is 4.98 Å². The first-order chi connectivity index (χ1) is 9.70. The average Bonchev–Trinajstić information content (AvgIpc) is 2.80. The van der Waals surface area contributed by atoms with E-state index >= 15 is 0 Å². The zero-order chi connectivity index (χ0) is 13.9. The molecule has 1 aromatic heterocycles. The second kappa shape index (κ2) is 5.21. The van der Waals surface area contributed by atoms with Crippen LogP contribution in [0.25, 0.3) is 11.1 Å². The lowest BCUT2D eigenvalue weighted by Crippen LogP contribution is -2.05. The monoisotopic (exact) mass is 271 g/mol. The molecule has 0 atom stereocenters. The van der Waals surface area contributed by atoms with E-state index < -0.39 is 0 Å². The minimum absolute atomic E-state index is 0.222. The van der Waals surface area contributed by atoms with E-state index in [0.717, 1.165) is 11.1 Å². The summed E-state index contributed by atoms with van der Waals surface area (Å²) in [7, 11) is 0. The van der Waals surface area contributed by atoms with Gasteiger partial charge in [0.15, 0.2) is 5.58 Å². The third-order valence-electron chi connectivity index (χ3n) is 2.99. The van der Waals surface area contributed by atoms with Crippen LogP contribution < -0.4 is 11.1 Å². The molecule has 3 rings (SSSR count). The van der Waals surface area contributed by atoms with E-state index in [-0.39, 0.29) is 5.82 Å². The van der Waals surface area contributed by atoms with Crippen LogP contribution in [0.1, 0.15) is 5.56 Å². The predicted octanol–water partition coefficient (Wildman–Crippen LogP) is 3.20. The van der Waals surface area contributed by atoms with E-state index in [9.17, 15) is 4.39 Å². The molecule has 0 bridgehead atoms. The summed E-state index contributed by atoms with van der Waals surface area (Å²) in [5.41, 5.74) is 8.66. The molecule has 3 N–H and O–H groups in total. The highest BCUT2D eigenvalue weighted by Crippen LogP contribution is 2.21. The third-order valence-corrected chi connectivity index (χ3v) is 2.99. The minimum Gasteiger partial charge on any atom is -0.423 e. The summed E-state index contributed by atoms with van der Waals surface area (Å²) in [6, 6.07) is 12.3. The molecular formula is C15H14FN3O. The lowest BCUT2D eigenvalue weighted by atomic mass is 10.1. The van der Waals surface area contributed by atoms with Crippen LogP contribution in [0.2, 0.25) is 0 Å². The van der Waals surface area contributed by atoms with Crippen LogP contribution in [0.5, 0.6) is 0 Å². The maximum absolute atomic E-state index is 13.0. The van der Waals surface area contributed by atoms with E-state index in [1.54, 1.807) is 18.2 Å². The average molecular weight is 271 g/mol. The van der Waals surface area contributed by atoms with Crippen molar-refractivity contribution in [2.75, 3.05) is 17.6 Å². The van der Waals surface area contributed by atoms with Crippen LogP contribution in [0.4, 0.5) is 16.1 Å². The number of hydrogen-bond acceptors (Lipinski definition) is 4. The summed E-state index contributed by atoms with van der Waals surface area (Å²) in [6.45, 7) is 0.617. The first-order valence-corrected chi connectivity index (χ1v) is 6.35. The zero-order valence-corrected chi connectivity index (χ0v) is 10.8. The second-order valence-corrected chi connectivity index (χ2v) is 4.55. The van der Waals surface area contributed by atoms with Crippen LogP contribution >= 0.6 is 0 Å². The predicted molar refractivity (Wildman–Crippen MR) is 77.0 cm³/mol. The molecule has 0 aliphatic carbocycles. The van der Waals surface area contributed by atoms with Crippen molar-refractivity contribution < 1.29 is 8.81 Å². The van der Waals surface area contributed by atoms with Crippen LogP contribution in [0.15, 0.2) is 46.9 Å². The summed E-state index contributed by atoms with van der Waals surface area (Å²) >= 11 is 0. The van der Waals surface area contributed by atoms with Gasteiger partial charge in [-0.05, 0) is 36.2 Å². The van der Waals surface area contributed by atoms with Gasteiger partial charge in [0.2, 0.25) is 0 Å². The fraction of sp³-hybridized carbons (Fsp3) is 0.133. The smallest absolute Gasteiger partial charge is 0.295 e. The maximum atomic E-state index is 13.0. The summed E-state index contributed by atoms with van der Waals surface area (Å²) < 4.78 is 18.6. The molecule has 102 valence electrons. The van der Waals surface area contributed by atoms with Crippen molar-refractivity contribution in [3.05, 3.63) is 53.8 Å². The molecule has 0 unspecified atom stereocenters. The number of benzene rings is 2. The molecule has 4 nitrogen and oxygen atoms in total. The summed E-state index contributed by atoms with van der Waals surface area (Å²) in [5, 5.41) is 3.08. The number of nitrogens with zero attached hydrogens (tertiary/aromatic N) is 1. The Morgan fingerprint density at radius 1 is 1.20 bits per heavy atom. The van der Waals surface area contributed by atoms with Crippen LogP contribution in [0, 0.1) is 5.82 Å². The van der Waals surface area contributed by atoms with E-state index in [2.05, 4.69) is 10.3 Å². The Bertz CT molecular complexity index is 739. The normalized spacial score (nSPS) is 10.8. The van der Waals surface area contributed by atoms with E-state index in [0.29, 0.717) is 30.3 Å². The maximum Gasteiger partial charge on any atom is 0.295 e. The third kappa shape index (κ3) is 2.71. The standard InChI is InChI=1S/C15H14FN3O/c16-11-3-1-2-10(8-11)6-7-18-15-19-13-5-4-12(17)9-14(13)20-15/h1-5,8-9H,6-7,17H2,(H,18,19). The molecular weight excluding hydrogens is 257 g/mol. The van der Waals surface area contributed by atoms with Gasteiger partial charge in [0.05, 0.1) is 0 Å². The number of nitrogens with two attached hydrogens (primary N) is 1. The number of fused-ring (bicyclic) bond motifs is 1. The van der Waals surface area contributed by atoms with Crippen molar-refractivity contribution in [1.29, 1.82) is 0 Å². The second-order valence-electron chi connectivity index (χ2n) is 4.55. The molecule has 0 spiro atoms. The van der Waals surface area contributed by atoms with Gasteiger partial charge in [-0.25, -0.2) is 4.39 Å². The Hall–Kier alpha value is -2.56. The van der Waals surface area contributed by atoms with Gasteiger partial charge in [0.25, 0.3) is 6.01 Å². The van der Waals surface area contributed by atoms with Crippen molar-refractivity contribution in [1.82, 2.24) is 4.98 Å². The molecule has 5 heteroatoms. The fourth-order valence-corrected chi connectivity index (χ4v) is 2.02. The first kappa shape index (κ1) is 12.5. The van der Waals surface area contributed by atoms with Crippen molar-refractivity contribution in [2.45, 2.75) is 6.42 Å². The Morgan fingerprint density at radius 3 is 2.95 bits per heavy atom. The Labute approximate surface area is 115 Å². The molecule has 2 aromatic carbocycles. The molecule has 0 amide bonds. The number of anilines is 2. The SMILES string of the molecule is Nc1ccc2nc(NCCc3cccc(F)c3)oc2c1. The molecule has 0 aliphatic rings. The van der Waals surface area contributed by atoms with Gasteiger partial charge in [0.1, 0.15) is 11.3 Å². The Kier molecular flexibility index (Phi) is 3.25. The minimum atomic E-state index is -0.222. The highest BCUT2D eigenvalue weighted by molar-refractivity contribution is 5.78. The van der Waals surface area contributed by atoms with Gasteiger partial charge >= 0.3 is 0 Å². The van der Waals surface area contributed by atoms with Crippen molar-refractivity contribution in [3.63, 3.8) is 0 Å². The lowest BCUT2D eigenvalue weighted by Gasteiger charge is -2.02. The largest absolute Gasteiger partial charge is 0.423 e. The highest BCUT2D eigenvalue weighted by Gasteiger charge is 2.05. The molecule has 0 aliphatic heterocycles. The number of nitrogen functional groups attached to an aromatic ring is 1. The van der Waals surface area contributed by atoms with Crippen molar-refractivity contribution >= 4 is 22.8 Å².